The van der Waals surface area contributed by atoms with Gasteiger partial charge in [-0.15, -0.1) is 11.8 Å². The van der Waals surface area contributed by atoms with E-state index in [0.717, 1.165) is 31.0 Å². The number of fused-ring (bicyclic) bond motifs is 3. The molecule has 8 nitrogen and oxygen atoms in total. The number of halogens is 1. The van der Waals surface area contributed by atoms with Crippen molar-refractivity contribution in [2.75, 3.05) is 18.9 Å². The summed E-state index contributed by atoms with van der Waals surface area (Å²) in [6.45, 7) is 5.81. The predicted octanol–water partition coefficient (Wildman–Crippen LogP) is 1.13. The van der Waals surface area contributed by atoms with Crippen LogP contribution in [0.5, 0.6) is 0 Å². The number of aliphatic hydroxyl groups excluding tert-OH is 3. The highest BCUT2D eigenvalue weighted by molar-refractivity contribution is 7.99. The van der Waals surface area contributed by atoms with Crippen LogP contribution in [0.3, 0.4) is 0 Å². The Hall–Kier alpha value is -0.750. The Morgan fingerprint density at radius 1 is 1.17 bits per heavy atom. The standard InChI is InChI=1S/C25H41FN2O6S/c1-13(2)9-14-7-8-33-22-15(10-14)11-27-18(22)24(32)28-17-6-4-3-5-16(26)12-35-25-21(31)19(29)20(30)23(17)34-25/h3-4,13-23,25,27,29-31H,5-12H2,1-2H3,(H,28,32)/b4-3-/t14?,15?,16-,17-,18?,19+,20-,21-,22?,23-,25-/m1/s1. The Morgan fingerprint density at radius 2 is 1.94 bits per heavy atom. The Kier molecular flexibility index (Phi) is 9.51. The van der Waals surface area contributed by atoms with Crippen LogP contribution in [0.2, 0.25) is 0 Å². The number of rotatable bonds is 4. The van der Waals surface area contributed by atoms with Crippen LogP contribution in [0.1, 0.15) is 46.0 Å². The van der Waals surface area contributed by atoms with Gasteiger partial charge in [-0.05, 0) is 49.9 Å². The predicted molar refractivity (Wildman–Crippen MR) is 132 cm³/mol. The van der Waals surface area contributed by atoms with Crippen molar-refractivity contribution in [1.82, 2.24) is 10.6 Å². The molecule has 35 heavy (non-hydrogen) atoms. The van der Waals surface area contributed by atoms with Gasteiger partial charge < -0.3 is 35.4 Å². The van der Waals surface area contributed by atoms with Gasteiger partial charge in [-0.25, -0.2) is 4.39 Å². The molecule has 3 fully saturated rings. The number of allylic oxidation sites excluding steroid dienone is 1. The van der Waals surface area contributed by atoms with E-state index in [1.807, 2.05) is 0 Å². The van der Waals surface area contributed by atoms with Gasteiger partial charge in [0, 0.05) is 18.9 Å². The topological polar surface area (TPSA) is 120 Å². The van der Waals surface area contributed by atoms with E-state index in [0.29, 0.717) is 31.4 Å². The van der Waals surface area contributed by atoms with Crippen molar-refractivity contribution in [3.63, 3.8) is 0 Å². The maximum absolute atomic E-state index is 14.2. The molecule has 0 spiro atoms. The average Bonchev–Trinajstić information content (AvgIpc) is 3.08. The van der Waals surface area contributed by atoms with Crippen LogP contribution < -0.4 is 10.6 Å². The molecule has 4 aliphatic heterocycles. The maximum atomic E-state index is 14.2. The van der Waals surface area contributed by atoms with Crippen LogP contribution in [-0.4, -0.2) is 94.3 Å². The van der Waals surface area contributed by atoms with Crippen LogP contribution >= 0.6 is 11.8 Å². The molecule has 0 aromatic carbocycles. The quantitative estimate of drug-likeness (QED) is 0.353. The first-order valence-electron chi connectivity index (χ1n) is 13.0. The van der Waals surface area contributed by atoms with Crippen molar-refractivity contribution in [3.05, 3.63) is 12.2 Å². The lowest BCUT2D eigenvalue weighted by molar-refractivity contribution is -0.205. The number of thioether (sulfide) groups is 1. The molecule has 0 aliphatic carbocycles. The summed E-state index contributed by atoms with van der Waals surface area (Å²) in [4.78, 5) is 13.4. The zero-order valence-corrected chi connectivity index (χ0v) is 21.4. The van der Waals surface area contributed by atoms with E-state index in [-0.39, 0.29) is 30.1 Å². The number of hydrogen-bond donors (Lipinski definition) is 5. The first kappa shape index (κ1) is 27.3. The minimum absolute atomic E-state index is 0.100. The maximum Gasteiger partial charge on any atom is 0.240 e. The summed E-state index contributed by atoms with van der Waals surface area (Å²) >= 11 is 1.08. The van der Waals surface area contributed by atoms with Crippen LogP contribution in [0.15, 0.2) is 12.2 Å². The van der Waals surface area contributed by atoms with E-state index in [9.17, 15) is 24.5 Å². The molecule has 2 bridgehead atoms. The third kappa shape index (κ3) is 6.58. The molecule has 0 aromatic rings. The smallest absolute Gasteiger partial charge is 0.240 e. The molecule has 10 heteroatoms. The second-order valence-electron chi connectivity index (χ2n) is 10.9. The fourth-order valence-electron chi connectivity index (χ4n) is 5.92. The van der Waals surface area contributed by atoms with E-state index in [1.165, 1.54) is 0 Å². The highest BCUT2D eigenvalue weighted by Crippen LogP contribution is 2.35. The first-order chi connectivity index (χ1) is 16.7. The molecule has 5 N–H and O–H groups in total. The summed E-state index contributed by atoms with van der Waals surface area (Å²) in [5.41, 5.74) is -0.897. The van der Waals surface area contributed by atoms with E-state index in [2.05, 4.69) is 24.5 Å². The summed E-state index contributed by atoms with van der Waals surface area (Å²) in [7, 11) is 0. The second-order valence-corrected chi connectivity index (χ2v) is 12.1. The number of aliphatic hydroxyl groups is 3. The van der Waals surface area contributed by atoms with Crippen LogP contribution in [-0.2, 0) is 14.3 Å². The van der Waals surface area contributed by atoms with Crippen LogP contribution in [0.25, 0.3) is 0 Å². The monoisotopic (exact) mass is 516 g/mol. The van der Waals surface area contributed by atoms with E-state index in [1.54, 1.807) is 12.2 Å². The fraction of sp³-hybridized carbons (Fsp3) is 0.880. The second kappa shape index (κ2) is 12.2. The highest BCUT2D eigenvalue weighted by Gasteiger charge is 2.49. The number of amides is 1. The summed E-state index contributed by atoms with van der Waals surface area (Å²) in [5.74, 6) is 1.34. The number of ether oxygens (including phenoxy) is 2. The van der Waals surface area contributed by atoms with Gasteiger partial charge in [0.2, 0.25) is 5.91 Å². The Bertz CT molecular complexity index is 745. The normalized spacial score (nSPS) is 45.7. The average molecular weight is 517 g/mol. The fourth-order valence-corrected chi connectivity index (χ4v) is 7.02. The lowest BCUT2D eigenvalue weighted by atomic mass is 9.85. The number of carbonyl (C=O) groups is 1. The third-order valence-electron chi connectivity index (χ3n) is 7.67. The molecule has 0 radical (unpaired) electrons. The minimum atomic E-state index is -1.45. The van der Waals surface area contributed by atoms with Gasteiger partial charge >= 0.3 is 0 Å². The molecular weight excluding hydrogens is 475 g/mol. The molecule has 0 saturated carbocycles. The number of nitrogens with one attached hydrogen (secondary N) is 2. The lowest BCUT2D eigenvalue weighted by Gasteiger charge is -2.43. The van der Waals surface area contributed by atoms with Gasteiger partial charge in [-0.1, -0.05) is 26.0 Å². The SMILES string of the molecule is CC(C)CC1CCOC2C(CNC2C(=O)N[C@@H]2C/C=C\C[C@@H](F)CS[C@H]3O[C@H]2[C@H](O)[C@H](O)[C@H]3O)C1. The van der Waals surface area contributed by atoms with Gasteiger partial charge in [0.1, 0.15) is 42.1 Å². The lowest BCUT2D eigenvalue weighted by Crippen LogP contribution is -2.63. The first-order valence-corrected chi connectivity index (χ1v) is 14.0. The highest BCUT2D eigenvalue weighted by atomic mass is 32.2. The summed E-state index contributed by atoms with van der Waals surface area (Å²) in [6.07, 6.45) is 0.740. The number of carbonyl (C=O) groups excluding carboxylic acids is 1. The molecule has 4 rings (SSSR count). The van der Waals surface area contributed by atoms with Crippen molar-refractivity contribution < 1.29 is 34.0 Å². The van der Waals surface area contributed by atoms with Crippen LogP contribution in [0, 0.1) is 17.8 Å². The molecule has 3 saturated heterocycles. The summed E-state index contributed by atoms with van der Waals surface area (Å²) in [5, 5.41) is 37.9. The molecule has 4 unspecified atom stereocenters. The number of alkyl halides is 1. The Labute approximate surface area is 211 Å². The van der Waals surface area contributed by atoms with Gasteiger partial charge in [-0.3, -0.25) is 4.79 Å². The summed E-state index contributed by atoms with van der Waals surface area (Å²) < 4.78 is 26.3. The number of hydrogen-bond acceptors (Lipinski definition) is 8. The molecule has 4 aliphatic rings. The van der Waals surface area contributed by atoms with Gasteiger partial charge in [0.25, 0.3) is 0 Å². The largest absolute Gasteiger partial charge is 0.388 e. The van der Waals surface area contributed by atoms with E-state index >= 15 is 0 Å². The van der Waals surface area contributed by atoms with Crippen molar-refractivity contribution in [1.29, 1.82) is 0 Å². The molecule has 1 amide bonds. The van der Waals surface area contributed by atoms with Crippen molar-refractivity contribution in [2.45, 2.75) is 100 Å². The van der Waals surface area contributed by atoms with Crippen molar-refractivity contribution in [3.8, 4) is 0 Å². The molecular formula is C25H41FN2O6S. The molecule has 0 aromatic heterocycles. The Balaban J connectivity index is 1.46. The van der Waals surface area contributed by atoms with Gasteiger partial charge in [0.05, 0.1) is 12.1 Å². The van der Waals surface area contributed by atoms with Crippen molar-refractivity contribution >= 4 is 17.7 Å². The minimum Gasteiger partial charge on any atom is -0.388 e. The van der Waals surface area contributed by atoms with Crippen molar-refractivity contribution in [2.24, 2.45) is 17.8 Å². The van der Waals surface area contributed by atoms with Gasteiger partial charge in [-0.2, -0.15) is 0 Å². The molecule has 4 heterocycles. The van der Waals surface area contributed by atoms with E-state index < -0.39 is 48.1 Å². The Morgan fingerprint density at radius 3 is 2.71 bits per heavy atom. The molecule has 11 atom stereocenters. The third-order valence-corrected chi connectivity index (χ3v) is 8.95. The molecule has 200 valence electrons. The zero-order valence-electron chi connectivity index (χ0n) is 20.6. The zero-order chi connectivity index (χ0) is 25.1. The van der Waals surface area contributed by atoms with Crippen LogP contribution in [0.4, 0.5) is 4.39 Å². The summed E-state index contributed by atoms with van der Waals surface area (Å²) in [6, 6.07) is -1.17. The van der Waals surface area contributed by atoms with Gasteiger partial charge in [0.15, 0.2) is 0 Å². The van der Waals surface area contributed by atoms with E-state index in [4.69, 9.17) is 9.47 Å².